The number of anilines is 1. The van der Waals surface area contributed by atoms with E-state index in [-0.39, 0.29) is 24.3 Å². The van der Waals surface area contributed by atoms with E-state index in [4.69, 9.17) is 0 Å². The van der Waals surface area contributed by atoms with Gasteiger partial charge >= 0.3 is 0 Å². The minimum Gasteiger partial charge on any atom is -0.342 e. The van der Waals surface area contributed by atoms with E-state index in [0.29, 0.717) is 0 Å². The zero-order valence-electron chi connectivity index (χ0n) is 11.9. The molecule has 2 rings (SSSR count). The lowest BCUT2D eigenvalue weighted by molar-refractivity contribution is -0.132. The highest BCUT2D eigenvalue weighted by atomic mass is 79.9. The van der Waals surface area contributed by atoms with E-state index in [9.17, 15) is 9.59 Å². The summed E-state index contributed by atoms with van der Waals surface area (Å²) in [4.78, 5) is 26.1. The Hall–Kier alpha value is -1.36. The summed E-state index contributed by atoms with van der Waals surface area (Å²) < 4.78 is 0.900. The second kappa shape index (κ2) is 5.95. The highest BCUT2D eigenvalue weighted by Gasteiger charge is 2.36. The van der Waals surface area contributed by atoms with Crippen LogP contribution in [0.25, 0.3) is 0 Å². The normalized spacial score (nSPS) is 20.8. The first-order valence-electron chi connectivity index (χ1n) is 6.81. The third-order valence-electron chi connectivity index (χ3n) is 3.83. The largest absolute Gasteiger partial charge is 0.342 e. The molecule has 1 saturated heterocycles. The van der Waals surface area contributed by atoms with Crippen molar-refractivity contribution in [2.45, 2.75) is 33.2 Å². The van der Waals surface area contributed by atoms with Crippen LogP contribution < -0.4 is 10.2 Å². The maximum Gasteiger partial charge on any atom is 0.250 e. The predicted molar refractivity (Wildman–Crippen MR) is 82.6 cm³/mol. The number of piperazine rings is 1. The Bertz CT molecular complexity index is 545. The molecule has 2 atom stereocenters. The minimum atomic E-state index is -0.431. The lowest BCUT2D eigenvalue weighted by Gasteiger charge is -2.35. The van der Waals surface area contributed by atoms with Gasteiger partial charge in [-0.1, -0.05) is 42.3 Å². The fourth-order valence-electron chi connectivity index (χ4n) is 2.37. The molecule has 1 N–H and O–H groups in total. The SMILES string of the molecule is CCC(C)C1NC(=O)CN(c2cc(Br)ccc2C)C1=O. The maximum atomic E-state index is 12.6. The van der Waals surface area contributed by atoms with Gasteiger partial charge in [0.1, 0.15) is 12.6 Å². The molecule has 2 amide bonds. The van der Waals surface area contributed by atoms with Gasteiger partial charge in [-0.3, -0.25) is 9.59 Å². The Kier molecular flexibility index (Phi) is 4.48. The number of aryl methyl sites for hydroxylation is 1. The van der Waals surface area contributed by atoms with Gasteiger partial charge in [-0.05, 0) is 30.5 Å². The van der Waals surface area contributed by atoms with Crippen molar-refractivity contribution in [2.24, 2.45) is 5.92 Å². The predicted octanol–water partition coefficient (Wildman–Crippen LogP) is 2.64. The average molecular weight is 339 g/mol. The summed E-state index contributed by atoms with van der Waals surface area (Å²) >= 11 is 3.42. The summed E-state index contributed by atoms with van der Waals surface area (Å²) in [5.74, 6) is -0.00358. The number of rotatable bonds is 3. The van der Waals surface area contributed by atoms with Crippen molar-refractivity contribution in [3.8, 4) is 0 Å². The molecular formula is C15H19BrN2O2. The van der Waals surface area contributed by atoms with Gasteiger partial charge in [0.05, 0.1) is 0 Å². The van der Waals surface area contributed by atoms with Gasteiger partial charge in [-0.15, -0.1) is 0 Å². The first kappa shape index (κ1) is 15.0. The lowest BCUT2D eigenvalue weighted by atomic mass is 9.95. The van der Waals surface area contributed by atoms with E-state index in [1.807, 2.05) is 39.0 Å². The zero-order chi connectivity index (χ0) is 14.9. The van der Waals surface area contributed by atoms with Crippen LogP contribution in [0.5, 0.6) is 0 Å². The molecule has 2 unspecified atom stereocenters. The first-order chi connectivity index (χ1) is 9.43. The molecule has 1 aromatic rings. The molecule has 1 aromatic carbocycles. The Morgan fingerprint density at radius 2 is 2.15 bits per heavy atom. The van der Waals surface area contributed by atoms with Gasteiger partial charge in [-0.2, -0.15) is 0 Å². The summed E-state index contributed by atoms with van der Waals surface area (Å²) in [6, 6.07) is 5.33. The number of carbonyl (C=O) groups is 2. The number of amides is 2. The van der Waals surface area contributed by atoms with Crippen molar-refractivity contribution in [1.29, 1.82) is 0 Å². The number of nitrogens with zero attached hydrogens (tertiary/aromatic N) is 1. The summed E-state index contributed by atoms with van der Waals surface area (Å²) in [7, 11) is 0. The molecule has 0 radical (unpaired) electrons. The standard InChI is InChI=1S/C15H19BrN2O2/c1-4-9(2)14-15(20)18(8-13(19)17-14)12-7-11(16)6-5-10(12)3/h5-7,9,14H,4,8H2,1-3H3,(H,17,19). The number of carbonyl (C=O) groups excluding carboxylic acids is 2. The molecule has 20 heavy (non-hydrogen) atoms. The fourth-order valence-corrected chi connectivity index (χ4v) is 2.72. The summed E-state index contributed by atoms with van der Waals surface area (Å²) in [6.45, 7) is 6.04. The topological polar surface area (TPSA) is 49.4 Å². The Balaban J connectivity index is 2.37. The molecule has 0 bridgehead atoms. The Morgan fingerprint density at radius 3 is 2.80 bits per heavy atom. The van der Waals surface area contributed by atoms with Gasteiger partial charge in [0.25, 0.3) is 0 Å². The molecule has 0 aromatic heterocycles. The van der Waals surface area contributed by atoms with Gasteiger partial charge in [0.15, 0.2) is 0 Å². The third kappa shape index (κ3) is 2.87. The fraction of sp³-hybridized carbons (Fsp3) is 0.467. The van der Waals surface area contributed by atoms with Crippen molar-refractivity contribution >= 4 is 33.4 Å². The van der Waals surface area contributed by atoms with Gasteiger partial charge in [0, 0.05) is 10.2 Å². The molecule has 5 heteroatoms. The van der Waals surface area contributed by atoms with Crippen molar-refractivity contribution in [1.82, 2.24) is 5.32 Å². The number of hydrogen-bond donors (Lipinski definition) is 1. The van der Waals surface area contributed by atoms with E-state index in [2.05, 4.69) is 21.2 Å². The number of nitrogens with one attached hydrogen (secondary N) is 1. The molecule has 1 aliphatic rings. The summed E-state index contributed by atoms with van der Waals surface area (Å²) in [6.07, 6.45) is 0.849. The third-order valence-corrected chi connectivity index (χ3v) is 4.32. The Labute approximate surface area is 127 Å². The first-order valence-corrected chi connectivity index (χ1v) is 7.60. The maximum absolute atomic E-state index is 12.6. The van der Waals surface area contributed by atoms with Gasteiger partial charge in [0.2, 0.25) is 11.8 Å². The molecule has 1 fully saturated rings. The minimum absolute atomic E-state index is 0.0276. The van der Waals surface area contributed by atoms with Crippen LogP contribution in [0.15, 0.2) is 22.7 Å². The highest BCUT2D eigenvalue weighted by molar-refractivity contribution is 9.10. The van der Waals surface area contributed by atoms with E-state index >= 15 is 0 Å². The molecule has 0 aliphatic carbocycles. The van der Waals surface area contributed by atoms with Crippen LogP contribution in [-0.2, 0) is 9.59 Å². The summed E-state index contributed by atoms with van der Waals surface area (Å²) in [5.41, 5.74) is 1.78. The quantitative estimate of drug-likeness (QED) is 0.920. The monoisotopic (exact) mass is 338 g/mol. The number of halogens is 1. The summed E-state index contributed by atoms with van der Waals surface area (Å²) in [5, 5.41) is 2.81. The van der Waals surface area contributed by atoms with Crippen molar-refractivity contribution in [2.75, 3.05) is 11.4 Å². The Morgan fingerprint density at radius 1 is 1.45 bits per heavy atom. The van der Waals surface area contributed by atoms with Crippen LogP contribution in [0.1, 0.15) is 25.8 Å². The van der Waals surface area contributed by atoms with Crippen LogP contribution >= 0.6 is 15.9 Å². The smallest absolute Gasteiger partial charge is 0.250 e. The van der Waals surface area contributed by atoms with Crippen molar-refractivity contribution in [3.05, 3.63) is 28.2 Å². The van der Waals surface area contributed by atoms with Crippen LogP contribution in [0.4, 0.5) is 5.69 Å². The molecule has 0 saturated carbocycles. The van der Waals surface area contributed by atoms with Crippen LogP contribution in [0.3, 0.4) is 0 Å². The van der Waals surface area contributed by atoms with E-state index in [0.717, 1.165) is 22.1 Å². The van der Waals surface area contributed by atoms with E-state index < -0.39 is 6.04 Å². The van der Waals surface area contributed by atoms with Crippen LogP contribution in [-0.4, -0.2) is 24.4 Å². The van der Waals surface area contributed by atoms with Gasteiger partial charge < -0.3 is 10.2 Å². The molecule has 108 valence electrons. The van der Waals surface area contributed by atoms with E-state index in [1.165, 1.54) is 0 Å². The molecular weight excluding hydrogens is 320 g/mol. The molecule has 0 spiro atoms. The zero-order valence-corrected chi connectivity index (χ0v) is 13.5. The number of hydrogen-bond acceptors (Lipinski definition) is 2. The van der Waals surface area contributed by atoms with E-state index in [1.54, 1.807) is 4.90 Å². The number of benzene rings is 1. The average Bonchev–Trinajstić information content (AvgIpc) is 2.43. The molecule has 1 heterocycles. The second-order valence-corrected chi connectivity index (χ2v) is 6.20. The highest BCUT2D eigenvalue weighted by Crippen LogP contribution is 2.27. The van der Waals surface area contributed by atoms with Gasteiger partial charge in [-0.25, -0.2) is 0 Å². The molecule has 4 nitrogen and oxygen atoms in total. The lowest BCUT2D eigenvalue weighted by Crippen LogP contribution is -2.60. The molecule has 1 aliphatic heterocycles. The van der Waals surface area contributed by atoms with Crippen molar-refractivity contribution < 1.29 is 9.59 Å². The van der Waals surface area contributed by atoms with Crippen LogP contribution in [0.2, 0.25) is 0 Å². The van der Waals surface area contributed by atoms with Crippen molar-refractivity contribution in [3.63, 3.8) is 0 Å². The van der Waals surface area contributed by atoms with Crippen LogP contribution in [0, 0.1) is 12.8 Å². The second-order valence-electron chi connectivity index (χ2n) is 5.29.